The quantitative estimate of drug-likeness (QED) is 0.774. The van der Waals surface area contributed by atoms with Gasteiger partial charge in [0.25, 0.3) is 0 Å². The Bertz CT molecular complexity index is 422. The van der Waals surface area contributed by atoms with Crippen LogP contribution in [0.1, 0.15) is 76.9 Å². The number of unbranched alkanes of at least 4 members (excludes halogenated alkanes) is 1. The molecule has 1 heterocycles. The van der Waals surface area contributed by atoms with E-state index in [0.29, 0.717) is 5.92 Å². The molecule has 1 aliphatic carbocycles. The summed E-state index contributed by atoms with van der Waals surface area (Å²) >= 11 is 6.33. The number of rotatable bonds is 7. The Balaban J connectivity index is 1.95. The third-order valence-corrected chi connectivity index (χ3v) is 5.24. The molecule has 4 heteroatoms. The second kappa shape index (κ2) is 8.19. The summed E-state index contributed by atoms with van der Waals surface area (Å²) in [5.74, 6) is 1.48. The first kappa shape index (κ1) is 16.8. The fourth-order valence-electron chi connectivity index (χ4n) is 3.65. The van der Waals surface area contributed by atoms with Crippen molar-refractivity contribution in [2.24, 2.45) is 17.6 Å². The minimum absolute atomic E-state index is 0.0404. The van der Waals surface area contributed by atoms with Crippen LogP contribution in [0.2, 0.25) is 5.02 Å². The number of hydrogen-bond donors (Lipinski definition) is 1. The minimum Gasteiger partial charge on any atom is -0.322 e. The number of aryl methyl sites for hydroxylation is 1. The van der Waals surface area contributed by atoms with Gasteiger partial charge in [0.2, 0.25) is 0 Å². The van der Waals surface area contributed by atoms with Crippen LogP contribution in [0.25, 0.3) is 0 Å². The second-order valence-corrected chi connectivity index (χ2v) is 6.96. The van der Waals surface area contributed by atoms with Crippen molar-refractivity contribution in [3.8, 4) is 0 Å². The van der Waals surface area contributed by atoms with Crippen molar-refractivity contribution < 1.29 is 0 Å². The molecule has 1 aliphatic rings. The predicted molar refractivity (Wildman–Crippen MR) is 89.4 cm³/mol. The normalized spacial score (nSPS) is 24.2. The Hall–Kier alpha value is -0.540. The van der Waals surface area contributed by atoms with Gasteiger partial charge < -0.3 is 5.73 Å². The monoisotopic (exact) mass is 311 g/mol. The molecule has 1 fully saturated rings. The molecule has 1 unspecified atom stereocenters. The lowest BCUT2D eigenvalue weighted by Gasteiger charge is -2.32. The van der Waals surface area contributed by atoms with Gasteiger partial charge in [0.1, 0.15) is 0 Å². The van der Waals surface area contributed by atoms with Crippen LogP contribution >= 0.6 is 11.6 Å². The van der Waals surface area contributed by atoms with Crippen molar-refractivity contribution in [1.29, 1.82) is 0 Å². The summed E-state index contributed by atoms with van der Waals surface area (Å²) in [6.45, 7) is 5.34. The molecule has 1 atom stereocenters. The first-order valence-corrected chi connectivity index (χ1v) is 9.01. The van der Waals surface area contributed by atoms with Gasteiger partial charge in [0.15, 0.2) is 0 Å². The summed E-state index contributed by atoms with van der Waals surface area (Å²) in [5, 5.41) is 5.12. The van der Waals surface area contributed by atoms with Crippen LogP contribution in [0.4, 0.5) is 0 Å². The van der Waals surface area contributed by atoms with E-state index in [9.17, 15) is 0 Å². The highest BCUT2D eigenvalue weighted by Crippen LogP contribution is 2.39. The van der Waals surface area contributed by atoms with Crippen molar-refractivity contribution in [3.05, 3.63) is 16.9 Å². The van der Waals surface area contributed by atoms with Crippen molar-refractivity contribution in [3.63, 3.8) is 0 Å². The van der Waals surface area contributed by atoms with Gasteiger partial charge in [0, 0.05) is 6.54 Å². The molecule has 21 heavy (non-hydrogen) atoms. The summed E-state index contributed by atoms with van der Waals surface area (Å²) in [6.07, 6.45) is 12.0. The lowest BCUT2D eigenvalue weighted by molar-refractivity contribution is 0.227. The summed E-state index contributed by atoms with van der Waals surface area (Å²) in [7, 11) is 0. The highest BCUT2D eigenvalue weighted by molar-refractivity contribution is 6.31. The third kappa shape index (κ3) is 4.23. The molecule has 1 aromatic rings. The Morgan fingerprint density at radius 3 is 2.62 bits per heavy atom. The Kier molecular flexibility index (Phi) is 6.56. The van der Waals surface area contributed by atoms with Crippen LogP contribution in [0.5, 0.6) is 0 Å². The van der Waals surface area contributed by atoms with E-state index in [2.05, 4.69) is 18.9 Å². The van der Waals surface area contributed by atoms with Gasteiger partial charge in [-0.1, -0.05) is 57.6 Å². The van der Waals surface area contributed by atoms with E-state index in [4.69, 9.17) is 17.3 Å². The molecule has 0 amide bonds. The molecule has 0 spiro atoms. The number of aromatic nitrogens is 2. The van der Waals surface area contributed by atoms with Crippen molar-refractivity contribution >= 4 is 11.6 Å². The maximum atomic E-state index is 6.55. The summed E-state index contributed by atoms with van der Waals surface area (Å²) in [4.78, 5) is 0. The molecule has 120 valence electrons. The summed E-state index contributed by atoms with van der Waals surface area (Å²) in [5.41, 5.74) is 7.60. The average Bonchev–Trinajstić information content (AvgIpc) is 2.86. The molecule has 0 bridgehead atoms. The molecular formula is C17H30ClN3. The van der Waals surface area contributed by atoms with E-state index < -0.39 is 0 Å². The summed E-state index contributed by atoms with van der Waals surface area (Å²) < 4.78 is 2.01. The molecule has 1 saturated carbocycles. The highest BCUT2D eigenvalue weighted by Gasteiger charge is 2.29. The maximum absolute atomic E-state index is 6.55. The van der Waals surface area contributed by atoms with Crippen LogP contribution in [0, 0.1) is 11.8 Å². The van der Waals surface area contributed by atoms with Gasteiger partial charge in [-0.2, -0.15) is 5.10 Å². The zero-order valence-electron chi connectivity index (χ0n) is 13.5. The van der Waals surface area contributed by atoms with Crippen LogP contribution < -0.4 is 5.73 Å². The Labute approximate surface area is 134 Å². The van der Waals surface area contributed by atoms with Crippen molar-refractivity contribution in [2.75, 3.05) is 0 Å². The van der Waals surface area contributed by atoms with Crippen LogP contribution in [0.3, 0.4) is 0 Å². The fourth-order valence-corrected chi connectivity index (χ4v) is 3.91. The SMILES string of the molecule is CCCCC1CCC(C(N)c2c(Cl)cnn2CCC)CC1. The Morgan fingerprint density at radius 2 is 2.00 bits per heavy atom. The lowest BCUT2D eigenvalue weighted by Crippen LogP contribution is -2.28. The Morgan fingerprint density at radius 1 is 1.29 bits per heavy atom. The van der Waals surface area contributed by atoms with Gasteiger partial charge in [-0.25, -0.2) is 0 Å². The van der Waals surface area contributed by atoms with Crippen molar-refractivity contribution in [1.82, 2.24) is 9.78 Å². The van der Waals surface area contributed by atoms with E-state index in [1.165, 1.54) is 44.9 Å². The van der Waals surface area contributed by atoms with Crippen LogP contribution in [-0.2, 0) is 6.54 Å². The number of hydrogen-bond acceptors (Lipinski definition) is 2. The molecule has 3 nitrogen and oxygen atoms in total. The standard InChI is InChI=1S/C17H30ClN3/c1-3-5-6-13-7-9-14(10-8-13)16(19)17-15(18)12-20-21(17)11-4-2/h12-14,16H,3-11,19H2,1-2H3. The molecule has 0 aliphatic heterocycles. The molecule has 1 aromatic heterocycles. The molecule has 0 aromatic carbocycles. The van der Waals surface area contributed by atoms with Gasteiger partial charge in [-0.05, 0) is 31.1 Å². The smallest absolute Gasteiger partial charge is 0.0834 e. The molecule has 0 saturated heterocycles. The van der Waals surface area contributed by atoms with E-state index in [1.54, 1.807) is 6.20 Å². The van der Waals surface area contributed by atoms with E-state index in [0.717, 1.165) is 29.6 Å². The molecule has 0 radical (unpaired) electrons. The van der Waals surface area contributed by atoms with Crippen LogP contribution in [-0.4, -0.2) is 9.78 Å². The largest absolute Gasteiger partial charge is 0.322 e. The molecular weight excluding hydrogens is 282 g/mol. The first-order valence-electron chi connectivity index (χ1n) is 8.64. The highest BCUT2D eigenvalue weighted by atomic mass is 35.5. The zero-order chi connectivity index (χ0) is 15.2. The average molecular weight is 312 g/mol. The van der Waals surface area contributed by atoms with Gasteiger partial charge in [-0.3, -0.25) is 4.68 Å². The number of halogens is 1. The van der Waals surface area contributed by atoms with Gasteiger partial charge in [0.05, 0.1) is 23.0 Å². The first-order chi connectivity index (χ1) is 10.2. The number of nitrogens with two attached hydrogens (primary N) is 1. The van der Waals surface area contributed by atoms with Crippen molar-refractivity contribution in [2.45, 2.75) is 77.8 Å². The fraction of sp³-hybridized carbons (Fsp3) is 0.824. The van der Waals surface area contributed by atoms with Gasteiger partial charge >= 0.3 is 0 Å². The van der Waals surface area contributed by atoms with E-state index >= 15 is 0 Å². The van der Waals surface area contributed by atoms with E-state index in [-0.39, 0.29) is 6.04 Å². The van der Waals surface area contributed by atoms with E-state index in [1.807, 2.05) is 4.68 Å². The second-order valence-electron chi connectivity index (χ2n) is 6.55. The minimum atomic E-state index is 0.0404. The van der Waals surface area contributed by atoms with Gasteiger partial charge in [-0.15, -0.1) is 0 Å². The molecule has 2 N–H and O–H groups in total. The lowest BCUT2D eigenvalue weighted by atomic mass is 9.76. The maximum Gasteiger partial charge on any atom is 0.0834 e. The van der Waals surface area contributed by atoms with Crippen LogP contribution in [0.15, 0.2) is 6.20 Å². The predicted octanol–water partition coefficient (Wildman–Crippen LogP) is 4.94. The third-order valence-electron chi connectivity index (χ3n) is 4.95. The molecule has 2 rings (SSSR count). The number of nitrogens with zero attached hydrogens (tertiary/aromatic N) is 2. The zero-order valence-corrected chi connectivity index (χ0v) is 14.3. The summed E-state index contributed by atoms with van der Waals surface area (Å²) in [6, 6.07) is 0.0404. The topological polar surface area (TPSA) is 43.8 Å².